The van der Waals surface area contributed by atoms with Gasteiger partial charge in [-0.25, -0.2) is 4.98 Å². The number of aliphatic hydroxyl groups is 1. The minimum Gasteiger partial charge on any atom is -0.389 e. The fourth-order valence-corrected chi connectivity index (χ4v) is 5.99. The van der Waals surface area contributed by atoms with Crippen molar-refractivity contribution in [1.82, 2.24) is 14.9 Å². The predicted octanol–water partition coefficient (Wildman–Crippen LogP) is 5.44. The van der Waals surface area contributed by atoms with Crippen molar-refractivity contribution in [3.05, 3.63) is 50.9 Å². The fourth-order valence-electron chi connectivity index (χ4n) is 5.04. The summed E-state index contributed by atoms with van der Waals surface area (Å²) in [7, 11) is 0. The topological polar surface area (TPSA) is 78.5 Å². The number of H-pyrrole nitrogens is 1. The quantitative estimate of drug-likeness (QED) is 0.390. The molecule has 6 nitrogen and oxygen atoms in total. The van der Waals surface area contributed by atoms with Crippen molar-refractivity contribution in [3.8, 4) is 11.1 Å². The minimum atomic E-state index is -0.566. The third-order valence-electron chi connectivity index (χ3n) is 6.83. The van der Waals surface area contributed by atoms with Crippen LogP contribution in [-0.4, -0.2) is 51.9 Å². The van der Waals surface area contributed by atoms with Gasteiger partial charge in [0.05, 0.1) is 24.6 Å². The second kappa shape index (κ2) is 11.8. The Labute approximate surface area is 212 Å². The standard InChI is InChI=1S/C28H39N3O3S/c1-18(2)15-34-16-22(32)13-31(21-8-6-5-7-9-21)14-25-29-27(33)26-24(17-35-28(26)30-25)23-12-19(3)10-11-20(23)4/h10-12,17-18,21-22,32H,5-9,13-16H2,1-4H3,(H,29,30,33). The second-order valence-electron chi connectivity index (χ2n) is 10.5. The van der Waals surface area contributed by atoms with Crippen LogP contribution < -0.4 is 5.56 Å². The van der Waals surface area contributed by atoms with Crippen molar-refractivity contribution in [3.63, 3.8) is 0 Å². The molecule has 190 valence electrons. The zero-order chi connectivity index (χ0) is 24.9. The second-order valence-corrected chi connectivity index (χ2v) is 11.3. The lowest BCUT2D eigenvalue weighted by atomic mass is 9.94. The van der Waals surface area contributed by atoms with Crippen LogP contribution in [0.2, 0.25) is 0 Å². The van der Waals surface area contributed by atoms with Crippen molar-refractivity contribution in [2.45, 2.75) is 78.5 Å². The number of fused-ring (bicyclic) bond motifs is 1. The van der Waals surface area contributed by atoms with E-state index in [1.54, 1.807) is 0 Å². The Bertz CT molecular complexity index is 1180. The van der Waals surface area contributed by atoms with Crippen molar-refractivity contribution in [2.24, 2.45) is 5.92 Å². The first-order valence-electron chi connectivity index (χ1n) is 12.9. The summed E-state index contributed by atoms with van der Waals surface area (Å²) in [4.78, 5) is 24.3. The SMILES string of the molecule is Cc1ccc(C)c(-c2csc3nc(CN(CC(O)COCC(C)C)C4CCCCC4)[nH]c(=O)c23)c1. The summed E-state index contributed by atoms with van der Waals surface area (Å²) in [5.41, 5.74) is 4.27. The smallest absolute Gasteiger partial charge is 0.260 e. The van der Waals surface area contributed by atoms with E-state index in [1.807, 2.05) is 5.38 Å². The molecule has 35 heavy (non-hydrogen) atoms. The Morgan fingerprint density at radius 1 is 1.17 bits per heavy atom. The van der Waals surface area contributed by atoms with E-state index in [0.717, 1.165) is 34.4 Å². The number of nitrogens with one attached hydrogen (secondary N) is 1. The number of aliphatic hydroxyl groups excluding tert-OH is 1. The van der Waals surface area contributed by atoms with E-state index in [2.05, 4.69) is 55.8 Å². The van der Waals surface area contributed by atoms with Gasteiger partial charge >= 0.3 is 0 Å². The van der Waals surface area contributed by atoms with Gasteiger partial charge in [-0.15, -0.1) is 11.3 Å². The summed E-state index contributed by atoms with van der Waals surface area (Å²) in [6.45, 7) is 10.4. The van der Waals surface area contributed by atoms with Crippen LogP contribution in [0.3, 0.4) is 0 Å². The number of nitrogens with zero attached hydrogens (tertiary/aromatic N) is 2. The molecule has 1 atom stereocenters. The van der Waals surface area contributed by atoms with E-state index in [0.29, 0.717) is 49.5 Å². The number of rotatable bonds is 10. The molecule has 1 saturated carbocycles. The third kappa shape index (κ3) is 6.58. The average molecular weight is 498 g/mol. The molecule has 2 aromatic heterocycles. The molecule has 1 aliphatic rings. The fraction of sp³-hybridized carbons (Fsp3) is 0.571. The van der Waals surface area contributed by atoms with Gasteiger partial charge in [-0.2, -0.15) is 0 Å². The number of ether oxygens (including phenoxy) is 1. The number of aromatic nitrogens is 2. The number of hydrogen-bond acceptors (Lipinski definition) is 6. The normalized spacial score (nSPS) is 16.0. The summed E-state index contributed by atoms with van der Waals surface area (Å²) in [5.74, 6) is 1.11. The third-order valence-corrected chi connectivity index (χ3v) is 7.70. The number of hydrogen-bond donors (Lipinski definition) is 2. The lowest BCUT2D eigenvalue weighted by Crippen LogP contribution is -2.43. The highest BCUT2D eigenvalue weighted by molar-refractivity contribution is 7.17. The average Bonchev–Trinajstić information content (AvgIpc) is 3.25. The molecular formula is C28H39N3O3S. The van der Waals surface area contributed by atoms with E-state index >= 15 is 0 Å². The van der Waals surface area contributed by atoms with E-state index in [9.17, 15) is 9.90 Å². The van der Waals surface area contributed by atoms with Crippen molar-refractivity contribution < 1.29 is 9.84 Å². The van der Waals surface area contributed by atoms with Crippen molar-refractivity contribution >= 4 is 21.6 Å². The minimum absolute atomic E-state index is 0.0911. The van der Waals surface area contributed by atoms with Gasteiger partial charge < -0.3 is 14.8 Å². The molecule has 2 N–H and O–H groups in total. The molecule has 1 unspecified atom stereocenters. The maximum absolute atomic E-state index is 13.3. The molecule has 0 radical (unpaired) electrons. The first-order valence-corrected chi connectivity index (χ1v) is 13.8. The zero-order valence-electron chi connectivity index (χ0n) is 21.5. The van der Waals surface area contributed by atoms with Crippen LogP contribution in [0.15, 0.2) is 28.4 Å². The molecule has 1 fully saturated rings. The van der Waals surface area contributed by atoms with Gasteiger partial charge in [-0.3, -0.25) is 9.69 Å². The van der Waals surface area contributed by atoms with Crippen LogP contribution in [0.25, 0.3) is 21.3 Å². The summed E-state index contributed by atoms with van der Waals surface area (Å²) >= 11 is 1.52. The predicted molar refractivity (Wildman–Crippen MR) is 144 cm³/mol. The van der Waals surface area contributed by atoms with Crippen molar-refractivity contribution in [1.29, 1.82) is 0 Å². The van der Waals surface area contributed by atoms with E-state index in [1.165, 1.54) is 36.2 Å². The Hall–Kier alpha value is -2.06. The first kappa shape index (κ1) is 26.0. The molecule has 7 heteroatoms. The molecule has 0 aliphatic heterocycles. The van der Waals surface area contributed by atoms with Gasteiger partial charge in [0.2, 0.25) is 0 Å². The molecular weight excluding hydrogens is 458 g/mol. The summed E-state index contributed by atoms with van der Waals surface area (Å²) in [6.07, 6.45) is 5.33. The van der Waals surface area contributed by atoms with Crippen LogP contribution in [-0.2, 0) is 11.3 Å². The molecule has 3 aromatic rings. The zero-order valence-corrected chi connectivity index (χ0v) is 22.3. The van der Waals surface area contributed by atoms with Crippen LogP contribution in [0.4, 0.5) is 0 Å². The maximum Gasteiger partial charge on any atom is 0.260 e. The van der Waals surface area contributed by atoms with Crippen molar-refractivity contribution in [2.75, 3.05) is 19.8 Å². The number of aryl methyl sites for hydroxylation is 2. The molecule has 0 spiro atoms. The Morgan fingerprint density at radius 3 is 2.69 bits per heavy atom. The van der Waals surface area contributed by atoms with Crippen LogP contribution >= 0.6 is 11.3 Å². The van der Waals surface area contributed by atoms with E-state index in [-0.39, 0.29) is 5.56 Å². The Morgan fingerprint density at radius 2 is 1.94 bits per heavy atom. The highest BCUT2D eigenvalue weighted by atomic mass is 32.1. The number of thiophene rings is 1. The summed E-state index contributed by atoms with van der Waals surface area (Å²) in [5, 5.41) is 13.4. The van der Waals surface area contributed by atoms with Gasteiger partial charge in [-0.05, 0) is 43.7 Å². The Kier molecular flexibility index (Phi) is 8.76. The van der Waals surface area contributed by atoms with Crippen LogP contribution in [0.5, 0.6) is 0 Å². The summed E-state index contributed by atoms with van der Waals surface area (Å²) in [6, 6.07) is 6.72. The lowest BCUT2D eigenvalue weighted by Gasteiger charge is -2.35. The van der Waals surface area contributed by atoms with Gasteiger partial charge in [0.25, 0.3) is 5.56 Å². The molecule has 4 rings (SSSR count). The van der Waals surface area contributed by atoms with Gasteiger partial charge in [0, 0.05) is 30.1 Å². The molecule has 1 aromatic carbocycles. The molecule has 0 saturated heterocycles. The highest BCUT2D eigenvalue weighted by Crippen LogP contribution is 2.33. The number of benzene rings is 1. The monoisotopic (exact) mass is 497 g/mol. The van der Waals surface area contributed by atoms with Gasteiger partial charge in [0.1, 0.15) is 10.7 Å². The maximum atomic E-state index is 13.3. The van der Waals surface area contributed by atoms with Crippen LogP contribution in [0, 0.1) is 19.8 Å². The van der Waals surface area contributed by atoms with E-state index < -0.39 is 6.10 Å². The number of aromatic amines is 1. The Balaban J connectivity index is 1.57. The first-order chi connectivity index (χ1) is 16.8. The molecule has 0 bridgehead atoms. The lowest BCUT2D eigenvalue weighted by molar-refractivity contribution is -0.00502. The molecule has 1 aliphatic carbocycles. The van der Waals surface area contributed by atoms with E-state index in [4.69, 9.17) is 9.72 Å². The summed E-state index contributed by atoms with van der Waals surface area (Å²) < 4.78 is 5.69. The van der Waals surface area contributed by atoms with Gasteiger partial charge in [-0.1, -0.05) is 56.9 Å². The largest absolute Gasteiger partial charge is 0.389 e. The molecule has 0 amide bonds. The highest BCUT2D eigenvalue weighted by Gasteiger charge is 2.25. The van der Waals surface area contributed by atoms with Crippen LogP contribution in [0.1, 0.15) is 62.9 Å². The van der Waals surface area contributed by atoms with Gasteiger partial charge in [0.15, 0.2) is 0 Å². The molecule has 2 heterocycles.